The lowest BCUT2D eigenvalue weighted by Crippen LogP contribution is -2.29. The molecule has 0 aliphatic heterocycles. The van der Waals surface area contributed by atoms with Crippen LogP contribution >= 0.6 is 0 Å². The number of hydrogen-bond donors (Lipinski definition) is 2. The van der Waals surface area contributed by atoms with Crippen LogP contribution in [-0.2, 0) is 4.79 Å². The SMILES string of the molecule is CCCC(NC(=O)CCC(C)(C)CCN)c1ccccc1. The number of benzene rings is 1. The fourth-order valence-corrected chi connectivity index (χ4v) is 2.53. The van der Waals surface area contributed by atoms with E-state index in [9.17, 15) is 4.79 Å². The Morgan fingerprint density at radius 2 is 1.90 bits per heavy atom. The van der Waals surface area contributed by atoms with Crippen LogP contribution in [0.5, 0.6) is 0 Å². The molecular weight excluding hydrogens is 260 g/mol. The van der Waals surface area contributed by atoms with Gasteiger partial charge in [-0.05, 0) is 36.8 Å². The van der Waals surface area contributed by atoms with Crippen molar-refractivity contribution in [3.63, 3.8) is 0 Å². The summed E-state index contributed by atoms with van der Waals surface area (Å²) in [4.78, 5) is 12.2. The van der Waals surface area contributed by atoms with Crippen LogP contribution < -0.4 is 11.1 Å². The van der Waals surface area contributed by atoms with Crippen molar-refractivity contribution >= 4 is 5.91 Å². The van der Waals surface area contributed by atoms with E-state index >= 15 is 0 Å². The molecule has 1 unspecified atom stereocenters. The number of nitrogens with one attached hydrogen (secondary N) is 1. The average molecular weight is 290 g/mol. The van der Waals surface area contributed by atoms with Crippen molar-refractivity contribution in [1.29, 1.82) is 0 Å². The van der Waals surface area contributed by atoms with Gasteiger partial charge in [0.2, 0.25) is 5.91 Å². The quantitative estimate of drug-likeness (QED) is 0.727. The van der Waals surface area contributed by atoms with E-state index in [-0.39, 0.29) is 17.4 Å². The van der Waals surface area contributed by atoms with Crippen molar-refractivity contribution in [3.05, 3.63) is 35.9 Å². The molecular formula is C18H30N2O. The summed E-state index contributed by atoms with van der Waals surface area (Å²) in [5.41, 5.74) is 6.94. The largest absolute Gasteiger partial charge is 0.349 e. The standard InChI is InChI=1S/C18H30N2O/c1-4-8-16(15-9-6-5-7-10-15)20-17(21)11-12-18(2,3)13-14-19/h5-7,9-10,16H,4,8,11-14,19H2,1-3H3,(H,20,21). The van der Waals surface area contributed by atoms with Gasteiger partial charge >= 0.3 is 0 Å². The van der Waals surface area contributed by atoms with E-state index in [2.05, 4.69) is 38.2 Å². The molecule has 3 nitrogen and oxygen atoms in total. The zero-order chi connectivity index (χ0) is 15.7. The third-order valence-corrected chi connectivity index (χ3v) is 3.96. The maximum absolute atomic E-state index is 12.2. The van der Waals surface area contributed by atoms with Gasteiger partial charge in [-0.1, -0.05) is 57.5 Å². The van der Waals surface area contributed by atoms with E-state index in [1.807, 2.05) is 18.2 Å². The molecule has 0 fully saturated rings. The van der Waals surface area contributed by atoms with Crippen LogP contribution in [0.3, 0.4) is 0 Å². The second kappa shape index (κ2) is 8.83. The van der Waals surface area contributed by atoms with E-state index < -0.39 is 0 Å². The maximum Gasteiger partial charge on any atom is 0.220 e. The molecule has 21 heavy (non-hydrogen) atoms. The molecule has 0 saturated carbocycles. The molecule has 1 amide bonds. The Balaban J connectivity index is 2.54. The first kappa shape index (κ1) is 17.7. The molecule has 0 heterocycles. The van der Waals surface area contributed by atoms with Crippen LogP contribution in [0.15, 0.2) is 30.3 Å². The van der Waals surface area contributed by atoms with Gasteiger partial charge in [-0.2, -0.15) is 0 Å². The number of nitrogens with two attached hydrogens (primary N) is 1. The van der Waals surface area contributed by atoms with Crippen molar-refractivity contribution in [1.82, 2.24) is 5.32 Å². The Bertz CT molecular complexity index is 414. The Morgan fingerprint density at radius 3 is 2.48 bits per heavy atom. The van der Waals surface area contributed by atoms with Crippen LogP contribution in [0, 0.1) is 5.41 Å². The van der Waals surface area contributed by atoms with Crippen LogP contribution in [-0.4, -0.2) is 12.5 Å². The van der Waals surface area contributed by atoms with Crippen molar-refractivity contribution in [2.24, 2.45) is 11.1 Å². The lowest BCUT2D eigenvalue weighted by molar-refractivity contribution is -0.122. The molecule has 0 aliphatic rings. The molecule has 1 aromatic carbocycles. The number of amides is 1. The van der Waals surface area contributed by atoms with E-state index in [1.165, 1.54) is 5.56 Å². The van der Waals surface area contributed by atoms with Crippen molar-refractivity contribution in [2.75, 3.05) is 6.54 Å². The fraction of sp³-hybridized carbons (Fsp3) is 0.611. The Morgan fingerprint density at radius 1 is 1.24 bits per heavy atom. The topological polar surface area (TPSA) is 55.1 Å². The molecule has 0 saturated heterocycles. The average Bonchev–Trinajstić information content (AvgIpc) is 2.46. The van der Waals surface area contributed by atoms with Crippen LogP contribution in [0.2, 0.25) is 0 Å². The minimum Gasteiger partial charge on any atom is -0.349 e. The number of rotatable bonds is 9. The molecule has 0 aromatic heterocycles. The van der Waals surface area contributed by atoms with E-state index in [0.29, 0.717) is 13.0 Å². The van der Waals surface area contributed by atoms with E-state index in [1.54, 1.807) is 0 Å². The normalized spacial score (nSPS) is 13.0. The smallest absolute Gasteiger partial charge is 0.220 e. The second-order valence-corrected chi connectivity index (χ2v) is 6.52. The highest BCUT2D eigenvalue weighted by molar-refractivity contribution is 5.76. The van der Waals surface area contributed by atoms with Gasteiger partial charge in [0.1, 0.15) is 0 Å². The Labute approximate surface area is 129 Å². The lowest BCUT2D eigenvalue weighted by Gasteiger charge is -2.24. The molecule has 0 radical (unpaired) electrons. The van der Waals surface area contributed by atoms with Gasteiger partial charge in [0, 0.05) is 6.42 Å². The summed E-state index contributed by atoms with van der Waals surface area (Å²) >= 11 is 0. The summed E-state index contributed by atoms with van der Waals surface area (Å²) < 4.78 is 0. The summed E-state index contributed by atoms with van der Waals surface area (Å²) in [5, 5.41) is 3.18. The van der Waals surface area contributed by atoms with Gasteiger partial charge in [-0.25, -0.2) is 0 Å². The maximum atomic E-state index is 12.2. The van der Waals surface area contributed by atoms with Crippen LogP contribution in [0.25, 0.3) is 0 Å². The first-order valence-corrected chi connectivity index (χ1v) is 8.03. The van der Waals surface area contributed by atoms with Crippen molar-refractivity contribution in [3.8, 4) is 0 Å². The number of hydrogen-bond acceptors (Lipinski definition) is 2. The summed E-state index contributed by atoms with van der Waals surface area (Å²) in [6.07, 6.45) is 4.43. The summed E-state index contributed by atoms with van der Waals surface area (Å²) in [5.74, 6) is 0.141. The lowest BCUT2D eigenvalue weighted by atomic mass is 9.84. The summed E-state index contributed by atoms with van der Waals surface area (Å²) in [7, 11) is 0. The fourth-order valence-electron chi connectivity index (χ4n) is 2.53. The third-order valence-electron chi connectivity index (χ3n) is 3.96. The first-order chi connectivity index (χ1) is 9.98. The molecule has 3 N–H and O–H groups in total. The monoisotopic (exact) mass is 290 g/mol. The molecule has 1 aromatic rings. The molecule has 118 valence electrons. The minimum atomic E-state index is 0.126. The highest BCUT2D eigenvalue weighted by atomic mass is 16.1. The number of carbonyl (C=O) groups is 1. The van der Waals surface area contributed by atoms with Crippen LogP contribution in [0.4, 0.5) is 0 Å². The molecule has 1 rings (SSSR count). The molecule has 3 heteroatoms. The Kier molecular flexibility index (Phi) is 7.44. The predicted octanol–water partition coefficient (Wildman–Crippen LogP) is 3.80. The Hall–Kier alpha value is -1.35. The first-order valence-electron chi connectivity index (χ1n) is 8.03. The zero-order valence-electron chi connectivity index (χ0n) is 13.7. The minimum absolute atomic E-state index is 0.126. The van der Waals surface area contributed by atoms with Gasteiger partial charge in [-0.3, -0.25) is 4.79 Å². The predicted molar refractivity (Wildman–Crippen MR) is 88.9 cm³/mol. The summed E-state index contributed by atoms with van der Waals surface area (Å²) in [6.45, 7) is 7.17. The van der Waals surface area contributed by atoms with E-state index in [4.69, 9.17) is 5.73 Å². The third kappa shape index (κ3) is 6.76. The highest BCUT2D eigenvalue weighted by Crippen LogP contribution is 2.26. The second-order valence-electron chi connectivity index (χ2n) is 6.52. The van der Waals surface area contributed by atoms with Crippen molar-refractivity contribution in [2.45, 2.75) is 58.9 Å². The van der Waals surface area contributed by atoms with Gasteiger partial charge in [-0.15, -0.1) is 0 Å². The van der Waals surface area contributed by atoms with Gasteiger partial charge < -0.3 is 11.1 Å². The van der Waals surface area contributed by atoms with Gasteiger partial charge in [0.25, 0.3) is 0 Å². The zero-order valence-corrected chi connectivity index (χ0v) is 13.7. The summed E-state index contributed by atoms with van der Waals surface area (Å²) in [6, 6.07) is 10.3. The molecule has 0 aliphatic carbocycles. The number of carbonyl (C=O) groups excluding carboxylic acids is 1. The van der Waals surface area contributed by atoms with E-state index in [0.717, 1.165) is 25.7 Å². The van der Waals surface area contributed by atoms with Crippen molar-refractivity contribution < 1.29 is 4.79 Å². The molecule has 1 atom stereocenters. The van der Waals surface area contributed by atoms with Gasteiger partial charge in [0.05, 0.1) is 6.04 Å². The molecule has 0 spiro atoms. The van der Waals surface area contributed by atoms with Crippen LogP contribution in [0.1, 0.15) is 64.5 Å². The molecule has 0 bridgehead atoms. The van der Waals surface area contributed by atoms with Gasteiger partial charge in [0.15, 0.2) is 0 Å². The highest BCUT2D eigenvalue weighted by Gasteiger charge is 2.20.